The molecule has 0 rings (SSSR count). The van der Waals surface area contributed by atoms with E-state index < -0.39 is 12.1 Å². The average Bonchev–Trinajstić information content (AvgIpc) is 3.68. The van der Waals surface area contributed by atoms with Crippen molar-refractivity contribution in [3.8, 4) is 0 Å². The lowest BCUT2D eigenvalue weighted by atomic mass is 10.1. The molecule has 486 valence electrons. The zero-order chi connectivity index (χ0) is 64.4. The highest BCUT2D eigenvalue weighted by atomic mass is 16.5. The van der Waals surface area contributed by atoms with E-state index in [0.717, 1.165) is 135 Å². The van der Waals surface area contributed by atoms with Crippen molar-refractivity contribution in [3.05, 3.63) is 219 Å². The number of carbonyl (C=O) groups is 3. The highest BCUT2D eigenvalue weighted by Gasteiger charge is 2.23. The van der Waals surface area contributed by atoms with Crippen molar-refractivity contribution >= 4 is 17.9 Å². The van der Waals surface area contributed by atoms with E-state index in [2.05, 4.69) is 245 Å². The van der Waals surface area contributed by atoms with Crippen LogP contribution < -0.4 is 5.32 Å². The van der Waals surface area contributed by atoms with Crippen molar-refractivity contribution in [2.75, 3.05) is 39.5 Å². The summed E-state index contributed by atoms with van der Waals surface area (Å²) in [6.45, 7) is 21.6. The van der Waals surface area contributed by atoms with E-state index in [1.165, 1.54) is 0 Å². The number of ether oxygens (including phenoxy) is 3. The number of allylic oxidation sites excluding steroid dienone is 33. The molecule has 0 aromatic carbocycles. The van der Waals surface area contributed by atoms with E-state index in [1.807, 2.05) is 32.9 Å². The molecule has 0 aromatic heterocycles. The van der Waals surface area contributed by atoms with Crippen LogP contribution in [0.2, 0.25) is 0 Å². The molecule has 0 aliphatic carbocycles. The predicted molar refractivity (Wildman–Crippen MR) is 379 cm³/mol. The molecular weight excluding hydrogens is 1080 g/mol. The highest BCUT2D eigenvalue weighted by Crippen LogP contribution is 2.09. The Hall–Kier alpha value is -6.39. The number of nitrogens with zero attached hydrogens (tertiary/aromatic N) is 1. The second-order valence-electron chi connectivity index (χ2n) is 19.6. The van der Waals surface area contributed by atoms with Gasteiger partial charge in [-0.05, 0) is 169 Å². The van der Waals surface area contributed by atoms with Gasteiger partial charge in [0.1, 0.15) is 12.1 Å². The molecule has 0 heterocycles. The third-order valence-corrected chi connectivity index (χ3v) is 12.3. The summed E-state index contributed by atoms with van der Waals surface area (Å²) in [6.07, 6.45) is 96.1. The smallest absolute Gasteiger partial charge is 0.335 e. The number of likely N-dealkylation sites (N-methyl/N-ethyl adjacent to an activating group) is 2. The van der Waals surface area contributed by atoms with E-state index >= 15 is 0 Å². The number of aliphatic hydroxyl groups is 1. The van der Waals surface area contributed by atoms with E-state index in [4.69, 9.17) is 14.2 Å². The van der Waals surface area contributed by atoms with Gasteiger partial charge in [-0.3, -0.25) is 14.5 Å². The molecule has 0 spiro atoms. The maximum atomic E-state index is 12.2. The van der Waals surface area contributed by atoms with Gasteiger partial charge in [-0.1, -0.05) is 260 Å². The minimum atomic E-state index is -1.06. The summed E-state index contributed by atoms with van der Waals surface area (Å²) in [5, 5.41) is 12.7. The van der Waals surface area contributed by atoms with Crippen molar-refractivity contribution in [1.29, 1.82) is 0 Å². The Labute approximate surface area is 532 Å². The molecule has 2 N–H and O–H groups in total. The lowest BCUT2D eigenvalue weighted by molar-refractivity contribution is -0.152. The summed E-state index contributed by atoms with van der Waals surface area (Å²) in [7, 11) is 0. The zero-order valence-corrected chi connectivity index (χ0v) is 56.0. The Bertz CT molecular complexity index is 2150. The molecule has 0 saturated carbocycles. The van der Waals surface area contributed by atoms with Crippen molar-refractivity contribution in [1.82, 2.24) is 10.2 Å². The summed E-state index contributed by atoms with van der Waals surface area (Å²) in [4.78, 5) is 37.4. The van der Waals surface area contributed by atoms with Gasteiger partial charge < -0.3 is 24.6 Å². The topological polar surface area (TPSA) is 114 Å². The zero-order valence-electron chi connectivity index (χ0n) is 56.0. The number of carbonyl (C=O) groups excluding carboxylic acids is 3. The third kappa shape index (κ3) is 65.4. The van der Waals surface area contributed by atoms with Crippen LogP contribution in [0.15, 0.2) is 219 Å². The van der Waals surface area contributed by atoms with Gasteiger partial charge in [0, 0.05) is 6.42 Å². The maximum absolute atomic E-state index is 12.2. The minimum Gasteiger partial charge on any atom is -0.465 e. The normalized spacial score (nSPS) is 14.0. The summed E-state index contributed by atoms with van der Waals surface area (Å²) in [5.41, 5.74) is 0. The van der Waals surface area contributed by atoms with Gasteiger partial charge in [-0.15, -0.1) is 0 Å². The molecule has 0 aliphatic rings. The molecule has 9 heteroatoms. The molecule has 3 atom stereocenters. The molecule has 0 aromatic rings. The summed E-state index contributed by atoms with van der Waals surface area (Å²) in [5.74, 6) is -0.850. The Kier molecular flexibility index (Phi) is 72.0. The number of hydrogen-bond donors (Lipinski definition) is 2. The van der Waals surface area contributed by atoms with Crippen molar-refractivity contribution < 1.29 is 33.7 Å². The largest absolute Gasteiger partial charge is 0.465 e. The second kappa shape index (κ2) is 73.9. The Morgan fingerprint density at radius 1 is 0.310 bits per heavy atom. The Morgan fingerprint density at radius 3 is 0.793 bits per heavy atom. The minimum absolute atomic E-state index is 0.120. The first kappa shape index (κ1) is 84.8. The van der Waals surface area contributed by atoms with Gasteiger partial charge in [0.25, 0.3) is 0 Å². The molecule has 0 saturated heterocycles. The quantitative estimate of drug-likeness (QED) is 0.0349. The summed E-state index contributed by atoms with van der Waals surface area (Å²) in [6, 6.07) is -0.427. The number of rotatable bonds is 50. The second-order valence-corrected chi connectivity index (χ2v) is 19.6. The van der Waals surface area contributed by atoms with Crippen LogP contribution in [-0.2, 0) is 28.6 Å². The van der Waals surface area contributed by atoms with E-state index in [-0.39, 0.29) is 24.0 Å². The molecule has 9 nitrogen and oxygen atoms in total. The number of hydrogen-bond acceptors (Lipinski definition) is 9. The number of esters is 3. The van der Waals surface area contributed by atoms with Gasteiger partial charge in [-0.25, -0.2) is 4.79 Å². The van der Waals surface area contributed by atoms with E-state index in [0.29, 0.717) is 39.1 Å². The van der Waals surface area contributed by atoms with E-state index in [9.17, 15) is 19.5 Å². The van der Waals surface area contributed by atoms with E-state index in [1.54, 1.807) is 13.0 Å². The molecular formula is C78H122N2O7. The maximum Gasteiger partial charge on any atom is 0.335 e. The van der Waals surface area contributed by atoms with Crippen molar-refractivity contribution in [2.45, 2.75) is 215 Å². The Morgan fingerprint density at radius 2 is 0.540 bits per heavy atom. The fourth-order valence-corrected chi connectivity index (χ4v) is 7.63. The van der Waals surface area contributed by atoms with Gasteiger partial charge in [0.2, 0.25) is 0 Å². The van der Waals surface area contributed by atoms with Crippen LogP contribution in [0, 0.1) is 0 Å². The van der Waals surface area contributed by atoms with Crippen LogP contribution in [0.1, 0.15) is 197 Å². The van der Waals surface area contributed by atoms with Crippen LogP contribution in [0.4, 0.5) is 0 Å². The SMILES string of the molecule is CC/C=C\C/C=C\C/C=C\C/C=C\C/C=C\C/C=C\CC(C(=O)OCC)N(CC)CC.CC/C=C\C/C=C\C/C=C\C/C=C\C/C=C\C/C=C\CC(NCC)C(=O)OCC.CC/C=C\C/C=C\C/C=C\C/C=C\C/C=C\C/C=C\CC(O)C(=O)OCC. The molecule has 0 amide bonds. The van der Waals surface area contributed by atoms with Crippen molar-refractivity contribution in [2.24, 2.45) is 0 Å². The van der Waals surface area contributed by atoms with Crippen molar-refractivity contribution in [3.63, 3.8) is 0 Å². The van der Waals surface area contributed by atoms with Gasteiger partial charge in [0.15, 0.2) is 6.10 Å². The molecule has 0 bridgehead atoms. The summed E-state index contributed by atoms with van der Waals surface area (Å²) >= 11 is 0. The lowest BCUT2D eigenvalue weighted by Gasteiger charge is -2.26. The molecule has 87 heavy (non-hydrogen) atoms. The fourth-order valence-electron chi connectivity index (χ4n) is 7.63. The first-order chi connectivity index (χ1) is 42.7. The fraction of sp³-hybridized carbons (Fsp3) is 0.500. The molecule has 0 fully saturated rings. The number of nitrogens with one attached hydrogen (secondary N) is 1. The number of aliphatic hydroxyl groups excluding tert-OH is 1. The standard InChI is InChI=1S/C28H45NO2.C26H41NO2.C24H36O3/c1-5-9-10-11-12-13-14-15-16-17-18-19-20-21-22-23-24-25-26-27(28(30)31-8-4)29(6-2)7-3;1-4-7-8-9-10-11-12-13-14-15-16-17-18-19-20-21-22-23-24-25(27-5-2)26(28)29-6-3;1-3-5-6-7-8-9-10-11-12-13-14-15-16-17-18-19-20-21-22-23(25)24(26)27-4-2/h9-10,12-13,15-16,18-19,21-22,24-25,27H,5-8,11,14,17,20,23,26H2,1-4H3;7-8,10-11,13-14,16-17,19-20,22-23,25,27H,4-6,9,12,15,18,21,24H2,1-3H3;5-6,8-9,11-12,14-15,17-18,20-21,23,25H,3-4,7,10,13,16,19,22H2,1-2H3/b10-9-,13-12-,16-15-,19-18-,22-21-,25-24-;8-7-,11-10-,14-13-,17-16-,20-19-,23-22-;6-5-,9-8-,12-11-,15-14-,18-17-,21-20-. The monoisotopic (exact) mass is 1200 g/mol. The first-order valence-electron chi connectivity index (χ1n) is 33.0. The lowest BCUT2D eigenvalue weighted by Crippen LogP contribution is -2.41. The molecule has 0 aliphatic heterocycles. The van der Waals surface area contributed by atoms with Crippen LogP contribution >= 0.6 is 0 Å². The highest BCUT2D eigenvalue weighted by molar-refractivity contribution is 5.76. The van der Waals surface area contributed by atoms with Crippen LogP contribution in [0.3, 0.4) is 0 Å². The van der Waals surface area contributed by atoms with Gasteiger partial charge in [0.05, 0.1) is 19.8 Å². The average molecular weight is 1200 g/mol. The van der Waals surface area contributed by atoms with Crippen LogP contribution in [0.5, 0.6) is 0 Å². The molecule has 3 unspecified atom stereocenters. The van der Waals surface area contributed by atoms with Gasteiger partial charge >= 0.3 is 17.9 Å². The molecule has 0 radical (unpaired) electrons. The predicted octanol–water partition coefficient (Wildman–Crippen LogP) is 20.0. The van der Waals surface area contributed by atoms with Crippen LogP contribution in [-0.4, -0.2) is 85.6 Å². The Balaban J connectivity index is -0.00000122. The third-order valence-electron chi connectivity index (χ3n) is 12.3. The first-order valence-corrected chi connectivity index (χ1v) is 33.0. The summed E-state index contributed by atoms with van der Waals surface area (Å²) < 4.78 is 15.0. The van der Waals surface area contributed by atoms with Crippen LogP contribution in [0.25, 0.3) is 0 Å². The van der Waals surface area contributed by atoms with Gasteiger partial charge in [-0.2, -0.15) is 0 Å².